The molecular weight excluding hydrogens is 279 g/mol. The Morgan fingerprint density at radius 2 is 2.30 bits per heavy atom. The van der Waals surface area contributed by atoms with Gasteiger partial charge in [0.1, 0.15) is 5.82 Å². The molecule has 5 heteroatoms. The van der Waals surface area contributed by atoms with Gasteiger partial charge in [-0.3, -0.25) is 4.79 Å². The van der Waals surface area contributed by atoms with Crippen molar-refractivity contribution in [3.8, 4) is 0 Å². The molecule has 0 aromatic heterocycles. The molecule has 0 aliphatic carbocycles. The van der Waals surface area contributed by atoms with Crippen LogP contribution in [-0.4, -0.2) is 36.5 Å². The van der Waals surface area contributed by atoms with Crippen LogP contribution in [-0.2, 0) is 4.79 Å². The Morgan fingerprint density at radius 1 is 1.55 bits per heavy atom. The first-order chi connectivity index (χ1) is 9.06. The van der Waals surface area contributed by atoms with Gasteiger partial charge < -0.3 is 10.2 Å². The summed E-state index contributed by atoms with van der Waals surface area (Å²) in [5.74, 6) is -0.0360. The minimum atomic E-state index is -0.243. The fraction of sp³-hybridized carbons (Fsp3) is 0.533. The van der Waals surface area contributed by atoms with E-state index in [9.17, 15) is 9.18 Å². The summed E-state index contributed by atoms with van der Waals surface area (Å²) in [6, 6.07) is 6.86. The largest absolute Gasteiger partial charge is 0.340 e. The summed E-state index contributed by atoms with van der Waals surface area (Å²) in [5, 5.41) is 3.32. The number of nitrogens with zero attached hydrogens (tertiary/aromatic N) is 1. The molecule has 1 N–H and O–H groups in total. The zero-order chi connectivity index (χ0) is 13.8. The molecule has 2 unspecified atom stereocenters. The summed E-state index contributed by atoms with van der Waals surface area (Å²) in [5.41, 5.74) is 0.886. The lowest BCUT2D eigenvalue weighted by Gasteiger charge is -2.32. The summed E-state index contributed by atoms with van der Waals surface area (Å²) in [6.45, 7) is 6.42. The lowest BCUT2D eigenvalue weighted by Crippen LogP contribution is -2.51. The first-order valence-electron chi connectivity index (χ1n) is 6.83. The molecule has 1 aliphatic rings. The van der Waals surface area contributed by atoms with E-state index in [0.29, 0.717) is 12.5 Å². The Kier molecular flexibility index (Phi) is 6.43. The summed E-state index contributed by atoms with van der Waals surface area (Å²) < 4.78 is 13.2. The van der Waals surface area contributed by atoms with Crippen LogP contribution in [0.4, 0.5) is 4.39 Å². The fourth-order valence-electron chi connectivity index (χ4n) is 2.48. The molecule has 3 nitrogen and oxygen atoms in total. The van der Waals surface area contributed by atoms with Crippen LogP contribution in [0.25, 0.3) is 0 Å². The second-order valence-electron chi connectivity index (χ2n) is 5.36. The van der Waals surface area contributed by atoms with E-state index in [1.54, 1.807) is 6.07 Å². The van der Waals surface area contributed by atoms with Crippen molar-refractivity contribution in [2.45, 2.75) is 32.2 Å². The van der Waals surface area contributed by atoms with Crippen molar-refractivity contribution in [1.82, 2.24) is 10.2 Å². The van der Waals surface area contributed by atoms with E-state index in [1.165, 1.54) is 12.1 Å². The Balaban J connectivity index is 0.00000200. The van der Waals surface area contributed by atoms with Crippen LogP contribution in [0.3, 0.4) is 0 Å². The maximum Gasteiger partial charge on any atom is 0.223 e. The van der Waals surface area contributed by atoms with Crippen LogP contribution < -0.4 is 5.32 Å². The molecule has 20 heavy (non-hydrogen) atoms. The zero-order valence-electron chi connectivity index (χ0n) is 11.9. The number of amides is 1. The van der Waals surface area contributed by atoms with Gasteiger partial charge in [-0.05, 0) is 30.5 Å². The van der Waals surface area contributed by atoms with Crippen molar-refractivity contribution in [1.29, 1.82) is 0 Å². The average Bonchev–Trinajstić information content (AvgIpc) is 2.38. The predicted molar refractivity (Wildman–Crippen MR) is 80.7 cm³/mol. The highest BCUT2D eigenvalue weighted by Gasteiger charge is 2.22. The number of nitrogens with one attached hydrogen (secondary N) is 1. The molecule has 112 valence electrons. The maximum atomic E-state index is 13.2. The number of rotatable bonds is 3. The van der Waals surface area contributed by atoms with Gasteiger partial charge in [-0.25, -0.2) is 4.39 Å². The molecule has 1 aliphatic heterocycles. The quantitative estimate of drug-likeness (QED) is 0.930. The van der Waals surface area contributed by atoms with Gasteiger partial charge in [-0.1, -0.05) is 19.1 Å². The number of hydrogen-bond donors (Lipinski definition) is 1. The van der Waals surface area contributed by atoms with Gasteiger partial charge in [0.2, 0.25) is 5.91 Å². The molecule has 0 spiro atoms. The molecule has 1 amide bonds. The summed E-state index contributed by atoms with van der Waals surface area (Å²) in [6.07, 6.45) is 0.441. The average molecular weight is 301 g/mol. The van der Waals surface area contributed by atoms with E-state index in [-0.39, 0.29) is 30.0 Å². The fourth-order valence-corrected chi connectivity index (χ4v) is 2.48. The Morgan fingerprint density at radius 3 is 2.95 bits per heavy atom. The van der Waals surface area contributed by atoms with E-state index in [0.717, 1.165) is 25.2 Å². The predicted octanol–water partition coefficient (Wildman–Crippen LogP) is 2.56. The van der Waals surface area contributed by atoms with Gasteiger partial charge in [0, 0.05) is 32.1 Å². The highest BCUT2D eigenvalue weighted by Crippen LogP contribution is 2.21. The SMILES string of the molecule is CC1CN(C(=O)CC(C)c2cccc(F)c2)CCN1.Cl. The van der Waals surface area contributed by atoms with E-state index in [1.807, 2.05) is 17.9 Å². The van der Waals surface area contributed by atoms with Crippen LogP contribution in [0, 0.1) is 5.82 Å². The molecule has 2 rings (SSSR count). The highest BCUT2D eigenvalue weighted by molar-refractivity contribution is 5.85. The Labute approximate surface area is 125 Å². The molecule has 0 radical (unpaired) electrons. The van der Waals surface area contributed by atoms with E-state index < -0.39 is 0 Å². The lowest BCUT2D eigenvalue weighted by molar-refractivity contribution is -0.132. The monoisotopic (exact) mass is 300 g/mol. The molecular formula is C15H22ClFN2O. The Hall–Kier alpha value is -1.13. The third-order valence-corrected chi connectivity index (χ3v) is 3.62. The number of benzene rings is 1. The van der Waals surface area contributed by atoms with Crippen molar-refractivity contribution >= 4 is 18.3 Å². The van der Waals surface area contributed by atoms with E-state index in [4.69, 9.17) is 0 Å². The molecule has 2 atom stereocenters. The number of piperazine rings is 1. The summed E-state index contributed by atoms with van der Waals surface area (Å²) in [7, 11) is 0. The third-order valence-electron chi connectivity index (χ3n) is 3.62. The second kappa shape index (κ2) is 7.60. The standard InChI is InChI=1S/C15H21FN2O.ClH/c1-11(13-4-3-5-14(16)9-13)8-15(19)18-7-6-17-12(2)10-18;/h3-5,9,11-12,17H,6-8,10H2,1-2H3;1H. The first-order valence-corrected chi connectivity index (χ1v) is 6.83. The van der Waals surface area contributed by atoms with Crippen LogP contribution >= 0.6 is 12.4 Å². The number of hydrogen-bond acceptors (Lipinski definition) is 2. The van der Waals surface area contributed by atoms with Crippen molar-refractivity contribution in [3.05, 3.63) is 35.6 Å². The lowest BCUT2D eigenvalue weighted by atomic mass is 9.97. The van der Waals surface area contributed by atoms with Crippen LogP contribution in [0.2, 0.25) is 0 Å². The zero-order valence-corrected chi connectivity index (χ0v) is 12.8. The van der Waals surface area contributed by atoms with Crippen molar-refractivity contribution < 1.29 is 9.18 Å². The molecule has 0 saturated carbocycles. The minimum Gasteiger partial charge on any atom is -0.340 e. The molecule has 1 heterocycles. The summed E-state index contributed by atoms with van der Waals surface area (Å²) in [4.78, 5) is 14.1. The van der Waals surface area contributed by atoms with Crippen LogP contribution in [0.5, 0.6) is 0 Å². The number of halogens is 2. The molecule has 1 aromatic rings. The van der Waals surface area contributed by atoms with E-state index >= 15 is 0 Å². The first kappa shape index (κ1) is 16.9. The molecule has 1 fully saturated rings. The van der Waals surface area contributed by atoms with Gasteiger partial charge in [0.25, 0.3) is 0 Å². The Bertz CT molecular complexity index is 455. The molecule has 0 bridgehead atoms. The molecule has 1 saturated heterocycles. The topological polar surface area (TPSA) is 32.3 Å². The number of carbonyl (C=O) groups is 1. The van der Waals surface area contributed by atoms with E-state index in [2.05, 4.69) is 12.2 Å². The van der Waals surface area contributed by atoms with Gasteiger partial charge in [0.05, 0.1) is 0 Å². The maximum absolute atomic E-state index is 13.2. The molecule has 1 aromatic carbocycles. The van der Waals surface area contributed by atoms with Crippen LogP contribution in [0.15, 0.2) is 24.3 Å². The smallest absolute Gasteiger partial charge is 0.223 e. The van der Waals surface area contributed by atoms with Crippen LogP contribution in [0.1, 0.15) is 31.7 Å². The van der Waals surface area contributed by atoms with Gasteiger partial charge in [-0.2, -0.15) is 0 Å². The van der Waals surface area contributed by atoms with Gasteiger partial charge >= 0.3 is 0 Å². The van der Waals surface area contributed by atoms with Gasteiger partial charge in [0.15, 0.2) is 0 Å². The number of carbonyl (C=O) groups excluding carboxylic acids is 1. The second-order valence-corrected chi connectivity index (χ2v) is 5.36. The normalized spacial score (nSPS) is 20.1. The van der Waals surface area contributed by atoms with Crippen molar-refractivity contribution in [2.75, 3.05) is 19.6 Å². The minimum absolute atomic E-state index is 0. The highest BCUT2D eigenvalue weighted by atomic mass is 35.5. The summed E-state index contributed by atoms with van der Waals surface area (Å²) >= 11 is 0. The van der Waals surface area contributed by atoms with Crippen molar-refractivity contribution in [2.24, 2.45) is 0 Å². The van der Waals surface area contributed by atoms with Crippen molar-refractivity contribution in [3.63, 3.8) is 0 Å². The van der Waals surface area contributed by atoms with Gasteiger partial charge in [-0.15, -0.1) is 12.4 Å². The third kappa shape index (κ3) is 4.46.